The van der Waals surface area contributed by atoms with Crippen LogP contribution >= 0.6 is 38.6 Å². The van der Waals surface area contributed by atoms with Gasteiger partial charge in [-0.05, 0) is 55.7 Å². The van der Waals surface area contributed by atoms with E-state index in [4.69, 9.17) is 0 Å². The molecule has 2 aromatic heterocycles. The first-order valence-corrected chi connectivity index (χ1v) is 11.4. The minimum absolute atomic E-state index is 0.103. The van der Waals surface area contributed by atoms with Crippen molar-refractivity contribution in [3.05, 3.63) is 50.9 Å². The van der Waals surface area contributed by atoms with Crippen LogP contribution in [-0.2, 0) is 13.0 Å². The maximum atomic E-state index is 13.0. The summed E-state index contributed by atoms with van der Waals surface area (Å²) in [4.78, 5) is 24.0. The first-order valence-electron chi connectivity index (χ1n) is 8.99. The molecule has 1 aliphatic rings. The largest absolute Gasteiger partial charge is 0.324 e. The summed E-state index contributed by atoms with van der Waals surface area (Å²) in [5.41, 5.74) is 4.39. The van der Waals surface area contributed by atoms with Crippen molar-refractivity contribution in [2.75, 3.05) is 5.32 Å². The van der Waals surface area contributed by atoms with Crippen LogP contribution in [0, 0.1) is 6.92 Å². The average molecular weight is 473 g/mol. The number of thiazole rings is 2. The van der Waals surface area contributed by atoms with Gasteiger partial charge < -0.3 is 4.90 Å². The van der Waals surface area contributed by atoms with Crippen LogP contribution in [0.1, 0.15) is 23.1 Å². The van der Waals surface area contributed by atoms with Crippen molar-refractivity contribution in [3.63, 3.8) is 0 Å². The van der Waals surface area contributed by atoms with Gasteiger partial charge in [0.25, 0.3) is 0 Å². The van der Waals surface area contributed by atoms with Gasteiger partial charge in [-0.2, -0.15) is 0 Å². The van der Waals surface area contributed by atoms with Gasteiger partial charge in [-0.3, -0.25) is 5.32 Å². The minimum Gasteiger partial charge on any atom is -0.317 e. The van der Waals surface area contributed by atoms with Crippen molar-refractivity contribution >= 4 is 70.2 Å². The monoisotopic (exact) mass is 472 g/mol. The molecule has 0 aliphatic carbocycles. The van der Waals surface area contributed by atoms with E-state index in [9.17, 15) is 4.79 Å². The van der Waals surface area contributed by atoms with Gasteiger partial charge in [0.15, 0.2) is 5.13 Å². The zero-order chi connectivity index (χ0) is 19.4. The van der Waals surface area contributed by atoms with Gasteiger partial charge in [0.1, 0.15) is 0 Å². The highest BCUT2D eigenvalue weighted by Gasteiger charge is 2.27. The Morgan fingerprint density at radius 3 is 2.71 bits per heavy atom. The highest BCUT2D eigenvalue weighted by atomic mass is 79.9. The first-order chi connectivity index (χ1) is 13.5. The van der Waals surface area contributed by atoms with Crippen molar-refractivity contribution in [2.24, 2.45) is 0 Å². The molecule has 28 heavy (non-hydrogen) atoms. The average Bonchev–Trinajstić information content (AvgIpc) is 3.23. The number of aryl methyl sites for hydroxylation is 1. The SMILES string of the molecule is Cc1nc2ccc3nc(NC(=O)N4Cc5cc(Br)ccc5CC4C)sc3c2s1. The van der Waals surface area contributed by atoms with Crippen molar-refractivity contribution < 1.29 is 4.79 Å². The van der Waals surface area contributed by atoms with Crippen LogP contribution in [0.2, 0.25) is 0 Å². The molecule has 5 rings (SSSR count). The molecule has 2 aromatic carbocycles. The fourth-order valence-electron chi connectivity index (χ4n) is 3.68. The highest BCUT2D eigenvalue weighted by Crippen LogP contribution is 2.36. The lowest BCUT2D eigenvalue weighted by molar-refractivity contribution is 0.182. The lowest BCUT2D eigenvalue weighted by Gasteiger charge is -2.34. The van der Waals surface area contributed by atoms with Crippen molar-refractivity contribution in [1.29, 1.82) is 0 Å². The van der Waals surface area contributed by atoms with E-state index in [0.717, 1.165) is 36.3 Å². The molecule has 0 fully saturated rings. The zero-order valence-electron chi connectivity index (χ0n) is 15.3. The van der Waals surface area contributed by atoms with Gasteiger partial charge in [-0.15, -0.1) is 11.3 Å². The van der Waals surface area contributed by atoms with Gasteiger partial charge in [0.05, 0.1) is 25.4 Å². The number of urea groups is 1. The summed E-state index contributed by atoms with van der Waals surface area (Å²) in [6.45, 7) is 4.70. The lowest BCUT2D eigenvalue weighted by atomic mass is 9.95. The van der Waals surface area contributed by atoms with Gasteiger partial charge in [-0.25, -0.2) is 14.8 Å². The Morgan fingerprint density at radius 2 is 1.89 bits per heavy atom. The van der Waals surface area contributed by atoms with Gasteiger partial charge in [-0.1, -0.05) is 33.3 Å². The molecular weight excluding hydrogens is 456 g/mol. The molecule has 8 heteroatoms. The molecule has 0 saturated carbocycles. The van der Waals surface area contributed by atoms with Crippen LogP contribution in [0.15, 0.2) is 34.8 Å². The zero-order valence-corrected chi connectivity index (χ0v) is 18.5. The van der Waals surface area contributed by atoms with E-state index in [1.807, 2.05) is 24.0 Å². The Hall–Kier alpha value is -2.03. The van der Waals surface area contributed by atoms with Crippen LogP contribution in [0.25, 0.3) is 20.4 Å². The smallest absolute Gasteiger partial charge is 0.317 e. The fraction of sp³-hybridized carbons (Fsp3) is 0.250. The second-order valence-corrected chi connectivity index (χ2v) is 10.2. The van der Waals surface area contributed by atoms with Crippen LogP contribution in [0.4, 0.5) is 9.93 Å². The molecule has 5 nitrogen and oxygen atoms in total. The second kappa shape index (κ2) is 6.79. The summed E-state index contributed by atoms with van der Waals surface area (Å²) >= 11 is 6.71. The first kappa shape index (κ1) is 18.0. The van der Waals surface area contributed by atoms with Crippen molar-refractivity contribution in [3.8, 4) is 0 Å². The third-order valence-electron chi connectivity index (χ3n) is 5.05. The van der Waals surface area contributed by atoms with E-state index < -0.39 is 0 Å². The molecule has 0 bridgehead atoms. The lowest BCUT2D eigenvalue weighted by Crippen LogP contribution is -2.44. The number of aromatic nitrogens is 2. The summed E-state index contributed by atoms with van der Waals surface area (Å²) in [7, 11) is 0. The number of benzene rings is 2. The van der Waals surface area contributed by atoms with Gasteiger partial charge in [0.2, 0.25) is 0 Å². The standard InChI is InChI=1S/C20H17BrN4OS2/c1-10-7-12-3-4-14(21)8-13(12)9-25(10)20(26)24-19-23-16-6-5-15-17(18(16)28-19)27-11(2)22-15/h3-6,8,10H,7,9H2,1-2H3,(H,23,24,26). The molecule has 1 unspecified atom stereocenters. The van der Waals surface area contributed by atoms with E-state index >= 15 is 0 Å². The number of hydrogen-bond acceptors (Lipinski definition) is 5. The Kier molecular flexibility index (Phi) is 4.37. The number of halogens is 1. The second-order valence-electron chi connectivity index (χ2n) is 7.04. The van der Waals surface area contributed by atoms with Crippen molar-refractivity contribution in [2.45, 2.75) is 32.9 Å². The van der Waals surface area contributed by atoms with Crippen LogP contribution in [0.3, 0.4) is 0 Å². The number of carbonyl (C=O) groups excluding carboxylic acids is 1. The molecule has 3 heterocycles. The topological polar surface area (TPSA) is 58.1 Å². The number of rotatable bonds is 1. The van der Waals surface area contributed by atoms with E-state index in [1.54, 1.807) is 11.3 Å². The van der Waals surface area contributed by atoms with E-state index in [-0.39, 0.29) is 12.1 Å². The molecule has 0 saturated heterocycles. The molecule has 0 spiro atoms. The third-order valence-corrected chi connectivity index (χ3v) is 7.68. The number of anilines is 1. The molecule has 1 atom stereocenters. The Morgan fingerprint density at radius 1 is 1.14 bits per heavy atom. The molecule has 0 radical (unpaired) electrons. The molecular formula is C20H17BrN4OS2. The molecule has 2 amide bonds. The predicted molar refractivity (Wildman–Crippen MR) is 119 cm³/mol. The fourth-order valence-corrected chi connectivity index (χ4v) is 6.09. The Labute approximate surface area is 178 Å². The summed E-state index contributed by atoms with van der Waals surface area (Å²) in [5, 5.41) is 4.68. The number of amides is 2. The third kappa shape index (κ3) is 3.09. The maximum Gasteiger partial charge on any atom is 0.324 e. The summed E-state index contributed by atoms with van der Waals surface area (Å²) in [6.07, 6.45) is 0.858. The van der Waals surface area contributed by atoms with Crippen molar-refractivity contribution in [1.82, 2.24) is 14.9 Å². The number of carbonyl (C=O) groups is 1. The number of nitrogens with zero attached hydrogens (tertiary/aromatic N) is 3. The normalized spacial score (nSPS) is 16.5. The Balaban J connectivity index is 1.43. The number of hydrogen-bond donors (Lipinski definition) is 1. The van der Waals surface area contributed by atoms with Crippen LogP contribution in [0.5, 0.6) is 0 Å². The van der Waals surface area contributed by atoms with Gasteiger partial charge in [0, 0.05) is 17.1 Å². The molecule has 142 valence electrons. The highest BCUT2D eigenvalue weighted by molar-refractivity contribution is 9.10. The van der Waals surface area contributed by atoms with E-state index in [1.165, 1.54) is 22.5 Å². The quantitative estimate of drug-likeness (QED) is 0.371. The van der Waals surface area contributed by atoms with Gasteiger partial charge >= 0.3 is 6.03 Å². The molecule has 1 N–H and O–H groups in total. The van der Waals surface area contributed by atoms with Crippen LogP contribution in [-0.4, -0.2) is 26.9 Å². The Bertz CT molecular complexity index is 1230. The number of nitrogens with one attached hydrogen (secondary N) is 1. The predicted octanol–water partition coefficient (Wildman–Crippen LogP) is 5.96. The summed E-state index contributed by atoms with van der Waals surface area (Å²) in [6, 6.07) is 10.3. The van der Waals surface area contributed by atoms with Crippen LogP contribution < -0.4 is 5.32 Å². The number of fused-ring (bicyclic) bond motifs is 4. The maximum absolute atomic E-state index is 13.0. The summed E-state index contributed by atoms with van der Waals surface area (Å²) in [5.74, 6) is 0. The van der Waals surface area contributed by atoms with E-state index in [2.05, 4.69) is 56.3 Å². The van der Waals surface area contributed by atoms with E-state index in [0.29, 0.717) is 11.7 Å². The summed E-state index contributed by atoms with van der Waals surface area (Å²) < 4.78 is 3.26. The molecule has 4 aromatic rings. The minimum atomic E-state index is -0.103. The molecule has 1 aliphatic heterocycles.